The maximum absolute atomic E-state index is 12.3. The molecule has 0 saturated heterocycles. The summed E-state index contributed by atoms with van der Waals surface area (Å²) in [4.78, 5) is 34.0. The van der Waals surface area contributed by atoms with Gasteiger partial charge in [0.2, 0.25) is 0 Å². The number of nitrogens with zero attached hydrogens (tertiary/aromatic N) is 2. The van der Waals surface area contributed by atoms with E-state index in [1.165, 1.54) is 0 Å². The van der Waals surface area contributed by atoms with Crippen LogP contribution in [0.2, 0.25) is 0 Å². The van der Waals surface area contributed by atoms with Crippen molar-refractivity contribution in [2.24, 2.45) is 0 Å². The molecule has 0 aliphatic carbocycles. The third kappa shape index (κ3) is 3.85. The zero-order valence-corrected chi connectivity index (χ0v) is 14.4. The van der Waals surface area contributed by atoms with Gasteiger partial charge in [0.15, 0.2) is 0 Å². The van der Waals surface area contributed by atoms with Gasteiger partial charge in [0.25, 0.3) is 11.1 Å². The van der Waals surface area contributed by atoms with Gasteiger partial charge in [-0.3, -0.25) is 9.59 Å². The summed E-state index contributed by atoms with van der Waals surface area (Å²) in [6.45, 7) is 6.17. The number of H-pyrrole nitrogens is 2. The van der Waals surface area contributed by atoms with Crippen LogP contribution >= 0.6 is 0 Å². The normalized spacial score (nSPS) is 13.4. The molecule has 0 aliphatic heterocycles. The van der Waals surface area contributed by atoms with Crippen molar-refractivity contribution in [2.75, 3.05) is 0 Å². The molecular weight excluding hydrogens is 316 g/mol. The van der Waals surface area contributed by atoms with E-state index in [1.54, 1.807) is 18.5 Å². The Hall–Kier alpha value is -3.15. The quantitative estimate of drug-likeness (QED) is 0.721. The number of rotatable bonds is 2. The predicted octanol–water partition coefficient (Wildman–Crippen LogP) is 0.672. The zero-order valence-electron chi connectivity index (χ0n) is 14.4. The summed E-state index contributed by atoms with van der Waals surface area (Å²) in [6, 6.07) is 9.34. The van der Waals surface area contributed by atoms with E-state index in [1.807, 2.05) is 41.1 Å². The summed E-state index contributed by atoms with van der Waals surface area (Å²) >= 11 is 0. The molecule has 0 spiro atoms. The molecule has 128 valence electrons. The SMILES string of the molecule is CC(C)(C)n1cnc(/C=c2\[nH]c(=O)/c(=C/c3ccccc3)[nH]c2=O)c1. The van der Waals surface area contributed by atoms with Gasteiger partial charge in [0.1, 0.15) is 10.7 Å². The summed E-state index contributed by atoms with van der Waals surface area (Å²) in [6.07, 6.45) is 6.74. The lowest BCUT2D eigenvalue weighted by Crippen LogP contribution is -2.46. The van der Waals surface area contributed by atoms with Crippen LogP contribution in [0.5, 0.6) is 0 Å². The van der Waals surface area contributed by atoms with Gasteiger partial charge in [-0.2, -0.15) is 0 Å². The van der Waals surface area contributed by atoms with E-state index in [9.17, 15) is 9.59 Å². The van der Waals surface area contributed by atoms with Crippen LogP contribution < -0.4 is 21.8 Å². The molecule has 0 radical (unpaired) electrons. The van der Waals surface area contributed by atoms with Crippen molar-refractivity contribution < 1.29 is 0 Å². The van der Waals surface area contributed by atoms with Crippen LogP contribution in [0.15, 0.2) is 52.4 Å². The lowest BCUT2D eigenvalue weighted by molar-refractivity contribution is 0.396. The second-order valence-corrected chi connectivity index (χ2v) is 6.81. The molecule has 0 saturated carbocycles. The fourth-order valence-corrected chi connectivity index (χ4v) is 2.34. The molecular formula is C19H20N4O2. The lowest BCUT2D eigenvalue weighted by Gasteiger charge is -2.19. The molecule has 0 aliphatic rings. The van der Waals surface area contributed by atoms with Gasteiger partial charge in [-0.25, -0.2) is 4.98 Å². The van der Waals surface area contributed by atoms with E-state index >= 15 is 0 Å². The summed E-state index contributed by atoms with van der Waals surface area (Å²) in [5.41, 5.74) is 0.616. The average Bonchev–Trinajstić information content (AvgIpc) is 3.02. The maximum atomic E-state index is 12.3. The third-order valence-corrected chi connectivity index (χ3v) is 3.77. The smallest absolute Gasteiger partial charge is 0.272 e. The summed E-state index contributed by atoms with van der Waals surface area (Å²) in [7, 11) is 0. The molecule has 6 nitrogen and oxygen atoms in total. The van der Waals surface area contributed by atoms with Crippen LogP contribution in [-0.2, 0) is 5.54 Å². The van der Waals surface area contributed by atoms with E-state index < -0.39 is 0 Å². The molecule has 25 heavy (non-hydrogen) atoms. The second-order valence-electron chi connectivity index (χ2n) is 6.81. The maximum Gasteiger partial charge on any atom is 0.272 e. The van der Waals surface area contributed by atoms with Crippen LogP contribution in [0.25, 0.3) is 12.2 Å². The fraction of sp³-hybridized carbons (Fsp3) is 0.211. The number of nitrogens with one attached hydrogen (secondary N) is 2. The van der Waals surface area contributed by atoms with Crippen molar-refractivity contribution in [3.05, 3.63) is 85.5 Å². The predicted molar refractivity (Wildman–Crippen MR) is 97.7 cm³/mol. The van der Waals surface area contributed by atoms with Gasteiger partial charge in [-0.1, -0.05) is 30.3 Å². The minimum atomic E-state index is -0.368. The van der Waals surface area contributed by atoms with Crippen LogP contribution in [0.1, 0.15) is 32.0 Å². The van der Waals surface area contributed by atoms with Crippen molar-refractivity contribution in [1.82, 2.24) is 19.5 Å². The summed E-state index contributed by atoms with van der Waals surface area (Å²) in [5, 5.41) is 0.392. The minimum absolute atomic E-state index is 0.104. The highest BCUT2D eigenvalue weighted by Crippen LogP contribution is 2.13. The molecule has 3 rings (SSSR count). The highest BCUT2D eigenvalue weighted by molar-refractivity contribution is 5.47. The number of benzene rings is 1. The van der Waals surface area contributed by atoms with E-state index in [0.717, 1.165) is 5.56 Å². The van der Waals surface area contributed by atoms with Crippen molar-refractivity contribution in [3.8, 4) is 0 Å². The molecule has 0 bridgehead atoms. The molecule has 3 aromatic rings. The third-order valence-electron chi connectivity index (χ3n) is 3.77. The van der Waals surface area contributed by atoms with Crippen molar-refractivity contribution in [3.63, 3.8) is 0 Å². The molecule has 0 atom stereocenters. The van der Waals surface area contributed by atoms with Gasteiger partial charge in [-0.05, 0) is 38.5 Å². The van der Waals surface area contributed by atoms with Crippen molar-refractivity contribution >= 4 is 12.2 Å². The van der Waals surface area contributed by atoms with Crippen molar-refractivity contribution in [1.29, 1.82) is 0 Å². The topological polar surface area (TPSA) is 83.5 Å². The van der Waals surface area contributed by atoms with Gasteiger partial charge in [0.05, 0.1) is 12.0 Å². The van der Waals surface area contributed by atoms with Gasteiger partial charge in [0, 0.05) is 11.7 Å². The fourth-order valence-electron chi connectivity index (χ4n) is 2.34. The highest BCUT2D eigenvalue weighted by Gasteiger charge is 2.12. The lowest BCUT2D eigenvalue weighted by atomic mass is 10.1. The molecule has 2 heterocycles. The number of aromatic nitrogens is 4. The number of hydrogen-bond donors (Lipinski definition) is 2. The summed E-state index contributed by atoms with van der Waals surface area (Å²) in [5.74, 6) is 0. The Morgan fingerprint density at radius 2 is 1.56 bits per heavy atom. The summed E-state index contributed by atoms with van der Waals surface area (Å²) < 4.78 is 1.95. The Morgan fingerprint density at radius 1 is 0.960 bits per heavy atom. The first-order valence-electron chi connectivity index (χ1n) is 7.98. The molecule has 0 unspecified atom stereocenters. The van der Waals surface area contributed by atoms with Gasteiger partial charge >= 0.3 is 0 Å². The van der Waals surface area contributed by atoms with E-state index in [4.69, 9.17) is 0 Å². The Kier molecular flexibility index (Phi) is 4.27. The molecule has 6 heteroatoms. The van der Waals surface area contributed by atoms with E-state index in [0.29, 0.717) is 5.69 Å². The van der Waals surface area contributed by atoms with Crippen LogP contribution in [0.3, 0.4) is 0 Å². The minimum Gasteiger partial charge on any atom is -0.332 e. The first-order valence-corrected chi connectivity index (χ1v) is 7.98. The molecule has 1 aromatic carbocycles. The Bertz CT molecular complexity index is 1110. The van der Waals surface area contributed by atoms with Gasteiger partial charge in [-0.15, -0.1) is 0 Å². The zero-order chi connectivity index (χ0) is 18.0. The van der Waals surface area contributed by atoms with E-state index in [-0.39, 0.29) is 27.4 Å². The monoisotopic (exact) mass is 336 g/mol. The van der Waals surface area contributed by atoms with Crippen molar-refractivity contribution in [2.45, 2.75) is 26.3 Å². The Labute approximate surface area is 144 Å². The standard InChI is InChI=1S/C19H20N4O2/c1-19(2,3)23-11-14(20-12-23)10-16-18(25)21-15(17(24)22-16)9-13-7-5-4-6-8-13/h4-12H,1-3H3,(H,21,25)(H,22,24)/b15-9-,16-10-. The first-order chi connectivity index (χ1) is 11.8. The van der Waals surface area contributed by atoms with Crippen LogP contribution in [0.4, 0.5) is 0 Å². The Morgan fingerprint density at radius 3 is 2.12 bits per heavy atom. The second kappa shape index (κ2) is 6.39. The molecule has 0 fully saturated rings. The van der Waals surface area contributed by atoms with Crippen LogP contribution in [0, 0.1) is 0 Å². The van der Waals surface area contributed by atoms with E-state index in [2.05, 4.69) is 35.7 Å². The molecule has 2 N–H and O–H groups in total. The highest BCUT2D eigenvalue weighted by atomic mass is 16.1. The number of hydrogen-bond acceptors (Lipinski definition) is 3. The Balaban J connectivity index is 2.07. The largest absolute Gasteiger partial charge is 0.332 e. The van der Waals surface area contributed by atoms with Gasteiger partial charge < -0.3 is 14.5 Å². The average molecular weight is 336 g/mol. The molecule has 0 amide bonds. The molecule has 2 aromatic heterocycles. The van der Waals surface area contributed by atoms with Crippen LogP contribution in [-0.4, -0.2) is 19.5 Å². The number of aromatic amines is 2. The number of imidazole rings is 1. The first kappa shape index (κ1) is 16.7.